The van der Waals surface area contributed by atoms with Gasteiger partial charge in [-0.25, -0.2) is 4.98 Å². The van der Waals surface area contributed by atoms with E-state index in [1.54, 1.807) is 16.7 Å². The second kappa shape index (κ2) is 9.19. The monoisotopic (exact) mass is 430 g/mol. The summed E-state index contributed by atoms with van der Waals surface area (Å²) in [5.74, 6) is 0.472. The Labute approximate surface area is 177 Å². The Morgan fingerprint density at radius 1 is 1.21 bits per heavy atom. The molecule has 0 saturated carbocycles. The second-order valence-corrected chi connectivity index (χ2v) is 8.60. The van der Waals surface area contributed by atoms with E-state index in [4.69, 9.17) is 0 Å². The molecule has 0 saturated heterocycles. The van der Waals surface area contributed by atoms with E-state index < -0.39 is 0 Å². The summed E-state index contributed by atoms with van der Waals surface area (Å²) in [7, 11) is 1.81. The number of thioether (sulfide) groups is 1. The molecule has 2 aromatic heterocycles. The number of nitrogens with one attached hydrogen (secondary N) is 2. The molecule has 10 heteroatoms. The first-order valence-electron chi connectivity index (χ1n) is 8.97. The van der Waals surface area contributed by atoms with Crippen LogP contribution in [0.5, 0.6) is 0 Å². The van der Waals surface area contributed by atoms with Gasteiger partial charge in [-0.1, -0.05) is 30.0 Å². The lowest BCUT2D eigenvalue weighted by molar-refractivity contribution is -0.113. The summed E-state index contributed by atoms with van der Waals surface area (Å²) in [4.78, 5) is 29.9. The number of rotatable bonds is 7. The Morgan fingerprint density at radius 3 is 2.59 bits per heavy atom. The fourth-order valence-corrected chi connectivity index (χ4v) is 4.12. The van der Waals surface area contributed by atoms with E-state index in [0.717, 1.165) is 10.6 Å². The smallest absolute Gasteiger partial charge is 0.251 e. The highest BCUT2D eigenvalue weighted by atomic mass is 32.2. The molecule has 8 nitrogen and oxygen atoms in total. The van der Waals surface area contributed by atoms with E-state index in [1.165, 1.54) is 23.1 Å². The normalized spacial score (nSPS) is 11.9. The van der Waals surface area contributed by atoms with Crippen LogP contribution >= 0.6 is 23.1 Å². The molecule has 0 unspecified atom stereocenters. The molecule has 1 aromatic carbocycles. The molecule has 3 aromatic rings. The lowest BCUT2D eigenvalue weighted by Gasteiger charge is -2.13. The van der Waals surface area contributed by atoms with E-state index >= 15 is 0 Å². The first kappa shape index (κ1) is 21.0. The first-order chi connectivity index (χ1) is 13.8. The minimum atomic E-state index is -0.329. The number of carbonyl (C=O) groups is 2. The van der Waals surface area contributed by atoms with Gasteiger partial charge in [0.1, 0.15) is 0 Å². The van der Waals surface area contributed by atoms with Crippen LogP contribution in [0.3, 0.4) is 0 Å². The van der Waals surface area contributed by atoms with Gasteiger partial charge in [0.05, 0.1) is 17.5 Å². The highest BCUT2D eigenvalue weighted by Gasteiger charge is 2.19. The Bertz CT molecular complexity index is 996. The van der Waals surface area contributed by atoms with Crippen LogP contribution in [-0.2, 0) is 11.8 Å². The van der Waals surface area contributed by atoms with Crippen molar-refractivity contribution in [2.24, 2.45) is 7.05 Å². The summed E-state index contributed by atoms with van der Waals surface area (Å²) < 4.78 is 1.78. The lowest BCUT2D eigenvalue weighted by atomic mass is 10.2. The molecule has 0 spiro atoms. The Kier molecular flexibility index (Phi) is 6.65. The van der Waals surface area contributed by atoms with Gasteiger partial charge in [-0.3, -0.25) is 9.59 Å². The molecule has 0 aliphatic rings. The maximum Gasteiger partial charge on any atom is 0.251 e. The minimum absolute atomic E-state index is 0.154. The van der Waals surface area contributed by atoms with Crippen LogP contribution in [0.2, 0.25) is 0 Å². The zero-order valence-electron chi connectivity index (χ0n) is 16.6. The van der Waals surface area contributed by atoms with E-state index in [2.05, 4.69) is 25.8 Å². The third-order valence-electron chi connectivity index (χ3n) is 4.25. The highest BCUT2D eigenvalue weighted by molar-refractivity contribution is 7.99. The van der Waals surface area contributed by atoms with E-state index in [9.17, 15) is 9.59 Å². The predicted octanol–water partition coefficient (Wildman–Crippen LogP) is 3.11. The van der Waals surface area contributed by atoms with Gasteiger partial charge in [0.15, 0.2) is 16.1 Å². The van der Waals surface area contributed by atoms with Gasteiger partial charge >= 0.3 is 0 Å². The van der Waals surface area contributed by atoms with Gasteiger partial charge in [-0.05, 0) is 32.9 Å². The SMILES string of the molecule is Cc1nc(NC(=O)CSc2nnc([C@@H](C)NC(=O)c3ccccc3)n2C)sc1C. The summed E-state index contributed by atoms with van der Waals surface area (Å²) in [6.07, 6.45) is 0. The maximum atomic E-state index is 12.3. The standard InChI is InChI=1S/C19H22N6O2S2/c1-11-13(3)29-18(21-11)22-15(26)10-28-19-24-23-16(25(19)4)12(2)20-17(27)14-8-6-5-7-9-14/h5-9,12H,10H2,1-4H3,(H,20,27)(H,21,22,26)/t12-/m1/s1. The summed E-state index contributed by atoms with van der Waals surface area (Å²) in [5, 5.41) is 15.2. The van der Waals surface area contributed by atoms with Crippen LogP contribution in [0.15, 0.2) is 35.5 Å². The number of carbonyl (C=O) groups excluding carboxylic acids is 2. The number of hydrogen-bond donors (Lipinski definition) is 2. The van der Waals surface area contributed by atoms with Gasteiger partial charge in [0.2, 0.25) is 5.91 Å². The highest BCUT2D eigenvalue weighted by Crippen LogP contribution is 2.23. The largest absolute Gasteiger partial charge is 0.342 e. The fourth-order valence-electron chi connectivity index (χ4n) is 2.57. The molecule has 152 valence electrons. The number of nitrogens with zero attached hydrogens (tertiary/aromatic N) is 4. The molecule has 2 N–H and O–H groups in total. The van der Waals surface area contributed by atoms with Crippen molar-refractivity contribution in [2.75, 3.05) is 11.1 Å². The van der Waals surface area contributed by atoms with Gasteiger partial charge in [-0.2, -0.15) is 0 Å². The average Bonchev–Trinajstić information content (AvgIpc) is 3.22. The van der Waals surface area contributed by atoms with Crippen LogP contribution in [0.25, 0.3) is 0 Å². The van der Waals surface area contributed by atoms with Gasteiger partial charge in [0.25, 0.3) is 5.91 Å². The molecular weight excluding hydrogens is 408 g/mol. The van der Waals surface area contributed by atoms with Gasteiger partial charge in [0, 0.05) is 17.5 Å². The maximum absolute atomic E-state index is 12.3. The van der Waals surface area contributed by atoms with E-state index in [0.29, 0.717) is 21.7 Å². The molecule has 1 atom stereocenters. The van der Waals surface area contributed by atoms with Crippen molar-refractivity contribution in [3.8, 4) is 0 Å². The van der Waals surface area contributed by atoms with Gasteiger partial charge < -0.3 is 15.2 Å². The zero-order chi connectivity index (χ0) is 21.0. The van der Waals surface area contributed by atoms with Crippen LogP contribution < -0.4 is 10.6 Å². The number of aryl methyl sites for hydroxylation is 2. The fraction of sp³-hybridized carbons (Fsp3) is 0.316. The number of amides is 2. The molecule has 2 amide bonds. The molecule has 0 aliphatic heterocycles. The van der Waals surface area contributed by atoms with Crippen molar-refractivity contribution >= 4 is 40.0 Å². The number of hydrogen-bond acceptors (Lipinski definition) is 7. The number of anilines is 1. The van der Waals surface area contributed by atoms with Crippen molar-refractivity contribution in [1.29, 1.82) is 0 Å². The predicted molar refractivity (Wildman–Crippen MR) is 114 cm³/mol. The number of aromatic nitrogens is 4. The van der Waals surface area contributed by atoms with E-state index in [1.807, 2.05) is 46.0 Å². The summed E-state index contributed by atoms with van der Waals surface area (Å²) >= 11 is 2.73. The molecular formula is C19H22N6O2S2. The molecule has 2 heterocycles. The Hall–Kier alpha value is -2.72. The minimum Gasteiger partial charge on any atom is -0.342 e. The van der Waals surface area contributed by atoms with Crippen molar-refractivity contribution in [2.45, 2.75) is 32.0 Å². The van der Waals surface area contributed by atoms with Crippen LogP contribution in [0, 0.1) is 13.8 Å². The topological polar surface area (TPSA) is 102 Å². The number of benzene rings is 1. The second-order valence-electron chi connectivity index (χ2n) is 6.46. The first-order valence-corrected chi connectivity index (χ1v) is 10.8. The van der Waals surface area contributed by atoms with Crippen LogP contribution in [0.4, 0.5) is 5.13 Å². The van der Waals surface area contributed by atoms with Crippen molar-refractivity contribution < 1.29 is 9.59 Å². The van der Waals surface area contributed by atoms with Crippen molar-refractivity contribution in [3.05, 3.63) is 52.3 Å². The number of thiazole rings is 1. The average molecular weight is 431 g/mol. The molecule has 0 bridgehead atoms. The molecule has 0 radical (unpaired) electrons. The van der Waals surface area contributed by atoms with Crippen LogP contribution in [-0.4, -0.2) is 37.3 Å². The molecule has 0 fully saturated rings. The third kappa shape index (κ3) is 5.21. The zero-order valence-corrected chi connectivity index (χ0v) is 18.2. The molecule has 0 aliphatic carbocycles. The Balaban J connectivity index is 1.57. The van der Waals surface area contributed by atoms with Gasteiger partial charge in [-0.15, -0.1) is 21.5 Å². The Morgan fingerprint density at radius 2 is 1.93 bits per heavy atom. The van der Waals surface area contributed by atoms with E-state index in [-0.39, 0.29) is 23.6 Å². The summed E-state index contributed by atoms with van der Waals surface area (Å²) in [6, 6.07) is 8.67. The molecule has 29 heavy (non-hydrogen) atoms. The lowest BCUT2D eigenvalue weighted by Crippen LogP contribution is -2.28. The van der Waals surface area contributed by atoms with Crippen molar-refractivity contribution in [3.63, 3.8) is 0 Å². The summed E-state index contributed by atoms with van der Waals surface area (Å²) in [5.41, 5.74) is 1.50. The van der Waals surface area contributed by atoms with Crippen molar-refractivity contribution in [1.82, 2.24) is 25.1 Å². The summed E-state index contributed by atoms with van der Waals surface area (Å²) in [6.45, 7) is 5.73. The third-order valence-corrected chi connectivity index (χ3v) is 6.26. The quantitative estimate of drug-likeness (QED) is 0.559. The van der Waals surface area contributed by atoms with Crippen LogP contribution in [0.1, 0.15) is 39.7 Å². The molecule has 3 rings (SSSR count).